The third-order valence-electron chi connectivity index (χ3n) is 5.99. The third kappa shape index (κ3) is 4.47. The molecule has 2 aliphatic heterocycles. The number of ether oxygens (including phenoxy) is 2. The summed E-state index contributed by atoms with van der Waals surface area (Å²) in [7, 11) is 0. The topological polar surface area (TPSA) is 68.6 Å². The Balaban J connectivity index is 1.20. The first-order chi connectivity index (χ1) is 15.7. The molecule has 1 amide bonds. The maximum Gasteiger partial charge on any atom is 0.256 e. The molecule has 0 aliphatic carbocycles. The highest BCUT2D eigenvalue weighted by Crippen LogP contribution is 2.33. The molecule has 8 heteroatoms. The van der Waals surface area contributed by atoms with Crippen molar-refractivity contribution < 1.29 is 14.3 Å². The highest BCUT2D eigenvalue weighted by atomic mass is 32.2. The van der Waals surface area contributed by atoms with Gasteiger partial charge in [-0.05, 0) is 55.0 Å². The molecule has 2 aliphatic rings. The Morgan fingerprint density at radius 3 is 2.81 bits per heavy atom. The zero-order chi connectivity index (χ0) is 21.9. The largest absolute Gasteiger partial charge is 0.454 e. The number of hydrogen-bond acceptors (Lipinski definition) is 6. The molecule has 1 saturated heterocycles. The SMILES string of the molecule is CSc1cccc(CN2CCC(n3nccc3NC(=O)c3ccc4c(c3)OCO4)CC2)c1. The van der Waals surface area contributed by atoms with E-state index in [1.54, 1.807) is 36.2 Å². The van der Waals surface area contributed by atoms with Crippen LogP contribution in [0.25, 0.3) is 0 Å². The fraction of sp³-hybridized carbons (Fsp3) is 0.333. The Kier molecular flexibility index (Phi) is 6.05. The number of rotatable bonds is 6. The van der Waals surface area contributed by atoms with E-state index in [2.05, 4.69) is 45.8 Å². The predicted octanol–water partition coefficient (Wildman–Crippen LogP) is 4.42. The summed E-state index contributed by atoms with van der Waals surface area (Å²) in [6.07, 6.45) is 5.85. The van der Waals surface area contributed by atoms with Gasteiger partial charge in [0, 0.05) is 36.2 Å². The first kappa shape index (κ1) is 20.9. The summed E-state index contributed by atoms with van der Waals surface area (Å²) in [6.45, 7) is 3.16. The van der Waals surface area contributed by atoms with Gasteiger partial charge in [-0.3, -0.25) is 9.69 Å². The van der Waals surface area contributed by atoms with Crippen LogP contribution in [0, 0.1) is 0 Å². The van der Waals surface area contributed by atoms with Crippen LogP contribution in [0.1, 0.15) is 34.8 Å². The number of nitrogens with zero attached hydrogens (tertiary/aromatic N) is 3. The zero-order valence-corrected chi connectivity index (χ0v) is 18.8. The first-order valence-electron chi connectivity index (χ1n) is 10.8. The third-order valence-corrected chi connectivity index (χ3v) is 6.72. The van der Waals surface area contributed by atoms with Gasteiger partial charge in [-0.25, -0.2) is 4.68 Å². The molecule has 0 unspecified atom stereocenters. The number of benzene rings is 2. The number of aromatic nitrogens is 2. The van der Waals surface area contributed by atoms with Gasteiger partial charge in [0.25, 0.3) is 5.91 Å². The van der Waals surface area contributed by atoms with E-state index in [-0.39, 0.29) is 18.7 Å². The Morgan fingerprint density at radius 2 is 1.97 bits per heavy atom. The van der Waals surface area contributed by atoms with E-state index in [0.717, 1.165) is 38.3 Å². The summed E-state index contributed by atoms with van der Waals surface area (Å²) in [5.41, 5.74) is 1.88. The van der Waals surface area contributed by atoms with Crippen LogP contribution in [0.3, 0.4) is 0 Å². The quantitative estimate of drug-likeness (QED) is 0.561. The minimum Gasteiger partial charge on any atom is -0.454 e. The second kappa shape index (κ2) is 9.26. The summed E-state index contributed by atoms with van der Waals surface area (Å²) in [6, 6.07) is 16.1. The normalized spacial score (nSPS) is 16.3. The molecule has 1 fully saturated rings. The average Bonchev–Trinajstić information content (AvgIpc) is 3.48. The lowest BCUT2D eigenvalue weighted by Gasteiger charge is -2.32. The van der Waals surface area contributed by atoms with Gasteiger partial charge >= 0.3 is 0 Å². The molecular formula is C24H26N4O3S. The highest BCUT2D eigenvalue weighted by Gasteiger charge is 2.24. The van der Waals surface area contributed by atoms with E-state index < -0.39 is 0 Å². The van der Waals surface area contributed by atoms with Crippen LogP contribution in [0.4, 0.5) is 5.82 Å². The number of carbonyl (C=O) groups excluding carboxylic acids is 1. The lowest BCUT2D eigenvalue weighted by molar-refractivity contribution is 0.102. The van der Waals surface area contributed by atoms with Crippen molar-refractivity contribution in [2.45, 2.75) is 30.3 Å². The zero-order valence-electron chi connectivity index (χ0n) is 18.0. The van der Waals surface area contributed by atoms with Crippen molar-refractivity contribution >= 4 is 23.5 Å². The van der Waals surface area contributed by atoms with Crippen molar-refractivity contribution in [3.8, 4) is 11.5 Å². The van der Waals surface area contributed by atoms with Gasteiger partial charge in [0.2, 0.25) is 6.79 Å². The van der Waals surface area contributed by atoms with Crippen LogP contribution >= 0.6 is 11.8 Å². The van der Waals surface area contributed by atoms with Gasteiger partial charge in [-0.2, -0.15) is 5.10 Å². The van der Waals surface area contributed by atoms with Crippen LogP contribution in [-0.4, -0.2) is 46.7 Å². The standard InChI is InChI=1S/C24H26N4O3S/c1-32-20-4-2-3-17(13-20)15-27-11-8-19(9-12-27)28-23(7-10-25-28)26-24(29)18-5-6-21-22(14-18)31-16-30-21/h2-7,10,13-14,19H,8-9,11-12,15-16H2,1H3,(H,26,29). The van der Waals surface area contributed by atoms with E-state index in [4.69, 9.17) is 9.47 Å². The first-order valence-corrected chi connectivity index (χ1v) is 12.0. The van der Waals surface area contributed by atoms with E-state index in [9.17, 15) is 4.79 Å². The molecular weight excluding hydrogens is 424 g/mol. The van der Waals surface area contributed by atoms with Crippen LogP contribution in [0.5, 0.6) is 11.5 Å². The van der Waals surface area contributed by atoms with Gasteiger partial charge < -0.3 is 14.8 Å². The number of hydrogen-bond donors (Lipinski definition) is 1. The van der Waals surface area contributed by atoms with Crippen molar-refractivity contribution in [2.75, 3.05) is 31.5 Å². The molecule has 3 heterocycles. The number of likely N-dealkylation sites (tertiary alicyclic amines) is 1. The summed E-state index contributed by atoms with van der Waals surface area (Å²) in [5.74, 6) is 1.80. The maximum absolute atomic E-state index is 12.8. The highest BCUT2D eigenvalue weighted by molar-refractivity contribution is 7.98. The Morgan fingerprint density at radius 1 is 1.12 bits per heavy atom. The van der Waals surface area contributed by atoms with Crippen molar-refractivity contribution in [3.05, 3.63) is 65.9 Å². The summed E-state index contributed by atoms with van der Waals surface area (Å²) < 4.78 is 12.7. The molecule has 5 rings (SSSR count). The minimum atomic E-state index is -0.184. The number of thioether (sulfide) groups is 1. The fourth-order valence-corrected chi connectivity index (χ4v) is 4.77. The summed E-state index contributed by atoms with van der Waals surface area (Å²) >= 11 is 1.78. The van der Waals surface area contributed by atoms with Crippen molar-refractivity contribution in [1.29, 1.82) is 0 Å². The van der Waals surface area contributed by atoms with Gasteiger partial charge in [0.1, 0.15) is 5.82 Å². The molecule has 0 radical (unpaired) electrons. The molecule has 1 aromatic heterocycles. The van der Waals surface area contributed by atoms with Crippen molar-refractivity contribution in [3.63, 3.8) is 0 Å². The van der Waals surface area contributed by atoms with Gasteiger partial charge in [-0.15, -0.1) is 11.8 Å². The number of anilines is 1. The number of nitrogens with one attached hydrogen (secondary N) is 1. The molecule has 3 aromatic rings. The van der Waals surface area contributed by atoms with Gasteiger partial charge in [0.05, 0.1) is 12.2 Å². The van der Waals surface area contributed by atoms with Gasteiger partial charge in [-0.1, -0.05) is 12.1 Å². The van der Waals surface area contributed by atoms with Crippen molar-refractivity contribution in [2.24, 2.45) is 0 Å². The molecule has 0 bridgehead atoms. The maximum atomic E-state index is 12.8. The number of carbonyl (C=O) groups is 1. The number of fused-ring (bicyclic) bond motifs is 1. The van der Waals surface area contributed by atoms with Crippen molar-refractivity contribution in [1.82, 2.24) is 14.7 Å². The predicted molar refractivity (Wildman–Crippen MR) is 125 cm³/mol. The van der Waals surface area contributed by atoms with E-state index in [1.165, 1.54) is 10.5 Å². The molecule has 0 spiro atoms. The average molecular weight is 451 g/mol. The van der Waals surface area contributed by atoms with Crippen LogP contribution in [0.2, 0.25) is 0 Å². The molecule has 0 saturated carbocycles. The lowest BCUT2D eigenvalue weighted by Crippen LogP contribution is -2.35. The monoisotopic (exact) mass is 450 g/mol. The van der Waals surface area contributed by atoms with Crippen LogP contribution in [0.15, 0.2) is 59.6 Å². The van der Waals surface area contributed by atoms with Crippen LogP contribution < -0.4 is 14.8 Å². The number of piperidine rings is 1. The Hall–Kier alpha value is -2.97. The summed E-state index contributed by atoms with van der Waals surface area (Å²) in [5, 5.41) is 7.52. The van der Waals surface area contributed by atoms with E-state index >= 15 is 0 Å². The molecule has 7 nitrogen and oxygen atoms in total. The number of amides is 1. The fourth-order valence-electron chi connectivity index (χ4n) is 4.28. The Labute approximate surface area is 191 Å². The van der Waals surface area contributed by atoms with Gasteiger partial charge in [0.15, 0.2) is 11.5 Å². The molecule has 166 valence electrons. The second-order valence-corrected chi connectivity index (χ2v) is 8.92. The smallest absolute Gasteiger partial charge is 0.256 e. The minimum absolute atomic E-state index is 0.184. The Bertz CT molecular complexity index is 1110. The van der Waals surface area contributed by atoms with E-state index in [1.807, 2.05) is 10.7 Å². The molecule has 2 aromatic carbocycles. The molecule has 0 atom stereocenters. The molecule has 32 heavy (non-hydrogen) atoms. The van der Waals surface area contributed by atoms with E-state index in [0.29, 0.717) is 17.1 Å². The summed E-state index contributed by atoms with van der Waals surface area (Å²) in [4.78, 5) is 16.6. The van der Waals surface area contributed by atoms with Crippen LogP contribution in [-0.2, 0) is 6.54 Å². The second-order valence-electron chi connectivity index (χ2n) is 8.04. The molecule has 1 N–H and O–H groups in total. The lowest BCUT2D eigenvalue weighted by atomic mass is 10.0.